The van der Waals surface area contributed by atoms with Crippen molar-refractivity contribution in [1.82, 2.24) is 4.98 Å². The summed E-state index contributed by atoms with van der Waals surface area (Å²) in [4.78, 5) is 4.51. The monoisotopic (exact) mass is 391 g/mol. The average Bonchev–Trinajstić information content (AvgIpc) is 3.18. The second kappa shape index (κ2) is 8.10. The van der Waals surface area contributed by atoms with Crippen LogP contribution in [-0.2, 0) is 0 Å². The van der Waals surface area contributed by atoms with Gasteiger partial charge in [-0.15, -0.1) is 11.3 Å². The van der Waals surface area contributed by atoms with Gasteiger partial charge in [-0.2, -0.15) is 5.10 Å². The summed E-state index contributed by atoms with van der Waals surface area (Å²) >= 11 is 1.46. The molecule has 0 aliphatic rings. The number of anilines is 1. The molecule has 3 aromatic carbocycles. The number of aromatic nitrogens is 1. The molecule has 0 unspecified atom stereocenters. The van der Waals surface area contributed by atoms with Crippen LogP contribution >= 0.6 is 11.3 Å². The standard InChI is InChI=1S/C22H15F2N3S/c23-18-9-10-19(20(24)12-18)17-8-4-5-15(11-17)13-25-27-22-26-21(14-28-22)16-6-2-1-3-7-16/h1-14H,(H,26,27). The minimum Gasteiger partial charge on any atom is -0.253 e. The molecule has 4 rings (SSSR count). The van der Waals surface area contributed by atoms with Gasteiger partial charge >= 0.3 is 0 Å². The molecule has 0 saturated heterocycles. The lowest BCUT2D eigenvalue weighted by Gasteiger charge is -2.04. The molecule has 1 N–H and O–H groups in total. The third-order valence-corrected chi connectivity index (χ3v) is 4.82. The topological polar surface area (TPSA) is 37.3 Å². The highest BCUT2D eigenvalue weighted by Gasteiger charge is 2.07. The third-order valence-electron chi connectivity index (χ3n) is 4.08. The number of benzene rings is 3. The van der Waals surface area contributed by atoms with E-state index >= 15 is 0 Å². The van der Waals surface area contributed by atoms with Crippen LogP contribution in [-0.4, -0.2) is 11.2 Å². The van der Waals surface area contributed by atoms with Crippen LogP contribution in [0, 0.1) is 11.6 Å². The summed E-state index contributed by atoms with van der Waals surface area (Å²) in [5, 5.41) is 6.85. The normalized spacial score (nSPS) is 11.1. The Bertz CT molecular complexity index is 1120. The number of hydrazone groups is 1. The van der Waals surface area contributed by atoms with E-state index in [9.17, 15) is 8.78 Å². The molecule has 1 heterocycles. The van der Waals surface area contributed by atoms with Gasteiger partial charge in [-0.05, 0) is 29.3 Å². The molecule has 6 heteroatoms. The van der Waals surface area contributed by atoms with Crippen LogP contribution in [0.25, 0.3) is 22.4 Å². The molecule has 0 amide bonds. The maximum absolute atomic E-state index is 14.0. The number of thiazole rings is 1. The number of hydrogen-bond acceptors (Lipinski definition) is 4. The van der Waals surface area contributed by atoms with Crippen LogP contribution in [0.15, 0.2) is 83.3 Å². The highest BCUT2D eigenvalue weighted by atomic mass is 32.1. The van der Waals surface area contributed by atoms with Crippen molar-refractivity contribution in [2.75, 3.05) is 5.43 Å². The fourth-order valence-electron chi connectivity index (χ4n) is 2.74. The highest BCUT2D eigenvalue weighted by Crippen LogP contribution is 2.25. The van der Waals surface area contributed by atoms with Gasteiger partial charge in [0.2, 0.25) is 5.13 Å². The van der Waals surface area contributed by atoms with E-state index < -0.39 is 11.6 Å². The summed E-state index contributed by atoms with van der Waals surface area (Å²) in [5.74, 6) is -1.19. The number of hydrogen-bond donors (Lipinski definition) is 1. The van der Waals surface area contributed by atoms with Crippen LogP contribution < -0.4 is 5.43 Å². The molecule has 1 aromatic heterocycles. The number of nitrogens with one attached hydrogen (secondary N) is 1. The Morgan fingerprint density at radius 3 is 2.54 bits per heavy atom. The molecule has 0 radical (unpaired) electrons. The minimum absolute atomic E-state index is 0.344. The van der Waals surface area contributed by atoms with Crippen LogP contribution in [0.3, 0.4) is 0 Å². The van der Waals surface area contributed by atoms with E-state index in [0.717, 1.165) is 22.9 Å². The predicted molar refractivity (Wildman–Crippen MR) is 111 cm³/mol. The van der Waals surface area contributed by atoms with Crippen molar-refractivity contribution in [2.24, 2.45) is 5.10 Å². The first-order valence-electron chi connectivity index (χ1n) is 8.54. The summed E-state index contributed by atoms with van der Waals surface area (Å²) in [6.07, 6.45) is 1.63. The second-order valence-corrected chi connectivity index (χ2v) is 6.88. The Kier molecular flexibility index (Phi) is 5.21. The van der Waals surface area contributed by atoms with E-state index in [-0.39, 0.29) is 0 Å². The molecule has 0 aliphatic heterocycles. The van der Waals surface area contributed by atoms with Gasteiger partial charge in [-0.25, -0.2) is 13.8 Å². The largest absolute Gasteiger partial charge is 0.253 e. The van der Waals surface area contributed by atoms with Crippen molar-refractivity contribution in [1.29, 1.82) is 0 Å². The summed E-state index contributed by atoms with van der Waals surface area (Å²) < 4.78 is 27.1. The molecule has 4 aromatic rings. The summed E-state index contributed by atoms with van der Waals surface area (Å²) in [6.45, 7) is 0. The zero-order valence-corrected chi connectivity index (χ0v) is 15.5. The molecular formula is C22H15F2N3S. The second-order valence-electron chi connectivity index (χ2n) is 6.02. The van der Waals surface area contributed by atoms with Crippen molar-refractivity contribution in [3.8, 4) is 22.4 Å². The minimum atomic E-state index is -0.596. The summed E-state index contributed by atoms with van der Waals surface area (Å²) in [5.41, 5.74) is 6.63. The van der Waals surface area contributed by atoms with Gasteiger partial charge in [0, 0.05) is 22.6 Å². The van der Waals surface area contributed by atoms with Crippen LogP contribution in [0.1, 0.15) is 5.56 Å². The molecule has 138 valence electrons. The van der Waals surface area contributed by atoms with Crippen molar-refractivity contribution in [3.63, 3.8) is 0 Å². The average molecular weight is 391 g/mol. The van der Waals surface area contributed by atoms with Gasteiger partial charge in [-0.3, -0.25) is 5.43 Å². The van der Waals surface area contributed by atoms with Crippen molar-refractivity contribution in [3.05, 3.63) is 95.4 Å². The zero-order valence-electron chi connectivity index (χ0n) is 14.6. The maximum Gasteiger partial charge on any atom is 0.203 e. The fraction of sp³-hybridized carbons (Fsp3) is 0. The van der Waals surface area contributed by atoms with Gasteiger partial charge in [0.1, 0.15) is 11.6 Å². The van der Waals surface area contributed by atoms with Crippen LogP contribution in [0.5, 0.6) is 0 Å². The van der Waals surface area contributed by atoms with E-state index in [0.29, 0.717) is 16.3 Å². The molecule has 0 atom stereocenters. The molecule has 0 fully saturated rings. The van der Waals surface area contributed by atoms with E-state index in [1.165, 1.54) is 23.5 Å². The van der Waals surface area contributed by atoms with Crippen LogP contribution in [0.2, 0.25) is 0 Å². The van der Waals surface area contributed by atoms with E-state index in [2.05, 4.69) is 15.5 Å². The first kappa shape index (κ1) is 18.0. The smallest absolute Gasteiger partial charge is 0.203 e. The highest BCUT2D eigenvalue weighted by molar-refractivity contribution is 7.14. The molecule has 3 nitrogen and oxygen atoms in total. The Labute approximate surface area is 165 Å². The number of halogens is 2. The Balaban J connectivity index is 1.48. The van der Waals surface area contributed by atoms with Crippen LogP contribution in [0.4, 0.5) is 13.9 Å². The Morgan fingerprint density at radius 2 is 1.71 bits per heavy atom. The maximum atomic E-state index is 14.0. The van der Waals surface area contributed by atoms with E-state index in [4.69, 9.17) is 0 Å². The molecule has 28 heavy (non-hydrogen) atoms. The van der Waals surface area contributed by atoms with Crippen molar-refractivity contribution < 1.29 is 8.78 Å². The molecule has 0 bridgehead atoms. The van der Waals surface area contributed by atoms with Gasteiger partial charge in [0.25, 0.3) is 0 Å². The molecule has 0 saturated carbocycles. The summed E-state index contributed by atoms with van der Waals surface area (Å²) in [7, 11) is 0. The number of rotatable bonds is 5. The quantitative estimate of drug-likeness (QED) is 0.325. The fourth-order valence-corrected chi connectivity index (χ4v) is 3.41. The molecule has 0 aliphatic carbocycles. The molecular weight excluding hydrogens is 376 g/mol. The first-order valence-corrected chi connectivity index (χ1v) is 9.42. The third kappa shape index (κ3) is 4.13. The molecule has 0 spiro atoms. The first-order chi connectivity index (χ1) is 13.7. The van der Waals surface area contributed by atoms with E-state index in [1.54, 1.807) is 24.4 Å². The summed E-state index contributed by atoms with van der Waals surface area (Å²) in [6, 6.07) is 20.7. The van der Waals surface area contributed by atoms with Crippen molar-refractivity contribution in [2.45, 2.75) is 0 Å². The van der Waals surface area contributed by atoms with Gasteiger partial charge in [0.15, 0.2) is 0 Å². The Morgan fingerprint density at radius 1 is 0.893 bits per heavy atom. The Hall–Kier alpha value is -3.38. The lowest BCUT2D eigenvalue weighted by molar-refractivity contribution is 0.585. The SMILES string of the molecule is Fc1ccc(-c2cccc(C=NNc3nc(-c4ccccc4)cs3)c2)c(F)c1. The zero-order chi connectivity index (χ0) is 19.3. The van der Waals surface area contributed by atoms with E-state index in [1.807, 2.05) is 41.8 Å². The van der Waals surface area contributed by atoms with Crippen molar-refractivity contribution >= 4 is 22.7 Å². The lowest BCUT2D eigenvalue weighted by atomic mass is 10.0. The van der Waals surface area contributed by atoms with Gasteiger partial charge in [-0.1, -0.05) is 48.5 Å². The predicted octanol–water partition coefficient (Wildman–Crippen LogP) is 6.20. The van der Waals surface area contributed by atoms with Gasteiger partial charge in [0.05, 0.1) is 11.9 Å². The lowest BCUT2D eigenvalue weighted by Crippen LogP contribution is -1.91. The number of nitrogens with zero attached hydrogens (tertiary/aromatic N) is 2. The van der Waals surface area contributed by atoms with Gasteiger partial charge < -0.3 is 0 Å².